The van der Waals surface area contributed by atoms with Gasteiger partial charge in [0, 0.05) is 5.56 Å². The predicted molar refractivity (Wildman–Crippen MR) is 124 cm³/mol. The average Bonchev–Trinajstić information content (AvgIpc) is 2.81. The van der Waals surface area contributed by atoms with E-state index >= 15 is 4.39 Å². The zero-order chi connectivity index (χ0) is 22.5. The topological polar surface area (TPSA) is 0 Å². The van der Waals surface area contributed by atoms with Crippen LogP contribution >= 0.6 is 0 Å². The Balaban J connectivity index is 1.39. The van der Waals surface area contributed by atoms with Gasteiger partial charge in [-0.15, -0.1) is 0 Å². The lowest BCUT2D eigenvalue weighted by Crippen LogP contribution is -2.27. The Kier molecular flexibility index (Phi) is 7.61. The molecular formula is C29H33F3. The molecule has 2 aromatic rings. The molecule has 0 aliphatic heterocycles. The van der Waals surface area contributed by atoms with Crippen LogP contribution in [-0.2, 0) is 12.8 Å². The molecule has 3 heteroatoms. The number of halogens is 3. The van der Waals surface area contributed by atoms with E-state index in [4.69, 9.17) is 0 Å². The van der Waals surface area contributed by atoms with Crippen LogP contribution in [0.2, 0.25) is 0 Å². The smallest absolute Gasteiger partial charge is 0.160 e. The zero-order valence-corrected chi connectivity index (χ0v) is 19.0. The first-order chi connectivity index (χ1) is 15.5. The molecule has 0 amide bonds. The van der Waals surface area contributed by atoms with E-state index in [2.05, 4.69) is 18.8 Å². The summed E-state index contributed by atoms with van der Waals surface area (Å²) in [4.78, 5) is 0. The standard InChI is InChI=1S/C29H33F3/c1-2-3-4-5-20-6-10-22(11-7-20)24-15-16-26-25(19-24)14-13-23(29(26)32)12-8-21-9-17-27(30)28(31)18-21/h9,13-14,17-18,20,22,24H,2-7,10-11,15-16,19H2,1H3. The van der Waals surface area contributed by atoms with Gasteiger partial charge < -0.3 is 0 Å². The average molecular weight is 439 g/mol. The van der Waals surface area contributed by atoms with Gasteiger partial charge >= 0.3 is 0 Å². The van der Waals surface area contributed by atoms with E-state index in [-0.39, 0.29) is 5.82 Å². The van der Waals surface area contributed by atoms with E-state index in [0.29, 0.717) is 17.0 Å². The van der Waals surface area contributed by atoms with Crippen molar-refractivity contribution < 1.29 is 13.2 Å². The lowest BCUT2D eigenvalue weighted by Gasteiger charge is -2.36. The third-order valence-corrected chi connectivity index (χ3v) is 7.62. The summed E-state index contributed by atoms with van der Waals surface area (Å²) < 4.78 is 41.6. The van der Waals surface area contributed by atoms with Crippen molar-refractivity contribution in [1.82, 2.24) is 0 Å². The van der Waals surface area contributed by atoms with Crippen molar-refractivity contribution in [3.05, 3.63) is 70.0 Å². The minimum absolute atomic E-state index is 0.240. The molecule has 2 aliphatic carbocycles. The number of unbranched alkanes of at least 4 members (excludes halogenated alkanes) is 2. The summed E-state index contributed by atoms with van der Waals surface area (Å²) in [5.41, 5.74) is 2.60. The molecule has 0 aromatic heterocycles. The van der Waals surface area contributed by atoms with Crippen LogP contribution in [0, 0.1) is 47.0 Å². The molecule has 2 aliphatic rings. The Morgan fingerprint density at radius 3 is 2.41 bits per heavy atom. The molecule has 1 unspecified atom stereocenters. The van der Waals surface area contributed by atoms with Crippen LogP contribution in [0.4, 0.5) is 13.2 Å². The van der Waals surface area contributed by atoms with Gasteiger partial charge in [-0.25, -0.2) is 13.2 Å². The van der Waals surface area contributed by atoms with Crippen molar-refractivity contribution >= 4 is 0 Å². The van der Waals surface area contributed by atoms with Crippen molar-refractivity contribution in [2.24, 2.45) is 17.8 Å². The fourth-order valence-electron chi connectivity index (χ4n) is 5.68. The van der Waals surface area contributed by atoms with E-state index in [1.165, 1.54) is 57.4 Å². The van der Waals surface area contributed by atoms with Crippen LogP contribution in [-0.4, -0.2) is 0 Å². The second-order valence-corrected chi connectivity index (χ2v) is 9.72. The van der Waals surface area contributed by atoms with Crippen molar-refractivity contribution in [3.8, 4) is 11.8 Å². The Bertz CT molecular complexity index is 989. The van der Waals surface area contributed by atoms with Gasteiger partial charge in [0.1, 0.15) is 5.82 Å². The van der Waals surface area contributed by atoms with Gasteiger partial charge in [-0.3, -0.25) is 0 Å². The molecular weight excluding hydrogens is 405 g/mol. The van der Waals surface area contributed by atoms with Crippen LogP contribution < -0.4 is 0 Å². The van der Waals surface area contributed by atoms with E-state index in [1.54, 1.807) is 6.07 Å². The lowest BCUT2D eigenvalue weighted by molar-refractivity contribution is 0.182. The van der Waals surface area contributed by atoms with Gasteiger partial charge in [0.15, 0.2) is 11.6 Å². The van der Waals surface area contributed by atoms with Crippen LogP contribution in [0.25, 0.3) is 0 Å². The SMILES string of the molecule is CCCCCC1CCC(C2CCc3c(ccc(C#Cc4ccc(F)c(F)c4)c3F)C2)CC1. The molecule has 0 saturated heterocycles. The number of rotatable bonds is 5. The third-order valence-electron chi connectivity index (χ3n) is 7.62. The molecule has 0 heterocycles. The molecule has 0 bridgehead atoms. The summed E-state index contributed by atoms with van der Waals surface area (Å²) in [6, 6.07) is 7.26. The van der Waals surface area contributed by atoms with Gasteiger partial charge in [-0.2, -0.15) is 0 Å². The van der Waals surface area contributed by atoms with Crippen LogP contribution in [0.15, 0.2) is 30.3 Å². The van der Waals surface area contributed by atoms with Crippen molar-refractivity contribution in [2.75, 3.05) is 0 Å². The highest BCUT2D eigenvalue weighted by Crippen LogP contribution is 2.41. The summed E-state index contributed by atoms with van der Waals surface area (Å²) in [7, 11) is 0. The molecule has 1 fully saturated rings. The van der Waals surface area contributed by atoms with Crippen LogP contribution in [0.5, 0.6) is 0 Å². The number of hydrogen-bond donors (Lipinski definition) is 0. The first-order valence-electron chi connectivity index (χ1n) is 12.3. The maximum absolute atomic E-state index is 15.1. The Morgan fingerprint density at radius 2 is 1.66 bits per heavy atom. The maximum Gasteiger partial charge on any atom is 0.160 e. The largest absolute Gasteiger partial charge is 0.205 e. The predicted octanol–water partition coefficient (Wildman–Crippen LogP) is 8.00. The highest BCUT2D eigenvalue weighted by atomic mass is 19.2. The lowest BCUT2D eigenvalue weighted by atomic mass is 9.69. The zero-order valence-electron chi connectivity index (χ0n) is 19.0. The quantitative estimate of drug-likeness (QED) is 0.328. The normalized spacial score (nSPS) is 22.7. The molecule has 0 N–H and O–H groups in total. The number of hydrogen-bond acceptors (Lipinski definition) is 0. The summed E-state index contributed by atoms with van der Waals surface area (Å²) in [5, 5.41) is 0. The van der Waals surface area contributed by atoms with Crippen molar-refractivity contribution in [3.63, 3.8) is 0 Å². The minimum Gasteiger partial charge on any atom is -0.205 e. The molecule has 0 spiro atoms. The number of benzene rings is 2. The second kappa shape index (κ2) is 10.6. The Hall–Kier alpha value is -2.21. The Labute approximate surface area is 190 Å². The molecule has 170 valence electrons. The van der Waals surface area contributed by atoms with Gasteiger partial charge in [0.25, 0.3) is 0 Å². The van der Waals surface area contributed by atoms with Crippen LogP contribution in [0.1, 0.15) is 87.0 Å². The highest BCUT2D eigenvalue weighted by molar-refractivity contribution is 5.47. The summed E-state index contributed by atoms with van der Waals surface area (Å²) in [6.07, 6.45) is 13.6. The molecule has 1 saturated carbocycles. The highest BCUT2D eigenvalue weighted by Gasteiger charge is 2.31. The van der Waals surface area contributed by atoms with E-state index < -0.39 is 11.6 Å². The minimum atomic E-state index is -0.941. The summed E-state index contributed by atoms with van der Waals surface area (Å²) >= 11 is 0. The molecule has 4 rings (SSSR count). The van der Waals surface area contributed by atoms with Gasteiger partial charge in [-0.05, 0) is 85.3 Å². The van der Waals surface area contributed by atoms with Gasteiger partial charge in [0.05, 0.1) is 5.56 Å². The second-order valence-electron chi connectivity index (χ2n) is 9.72. The fourth-order valence-corrected chi connectivity index (χ4v) is 5.68. The van der Waals surface area contributed by atoms with E-state index in [0.717, 1.165) is 54.4 Å². The first-order valence-corrected chi connectivity index (χ1v) is 12.3. The van der Waals surface area contributed by atoms with E-state index in [1.807, 2.05) is 6.07 Å². The van der Waals surface area contributed by atoms with Crippen LogP contribution in [0.3, 0.4) is 0 Å². The van der Waals surface area contributed by atoms with Crippen molar-refractivity contribution in [2.45, 2.75) is 77.6 Å². The maximum atomic E-state index is 15.1. The first kappa shape index (κ1) is 23.0. The number of fused-ring (bicyclic) bond motifs is 1. The van der Waals surface area contributed by atoms with E-state index in [9.17, 15) is 8.78 Å². The van der Waals surface area contributed by atoms with Gasteiger partial charge in [-0.1, -0.05) is 63.4 Å². The third kappa shape index (κ3) is 5.40. The Morgan fingerprint density at radius 1 is 0.844 bits per heavy atom. The summed E-state index contributed by atoms with van der Waals surface area (Å²) in [6.45, 7) is 2.27. The molecule has 32 heavy (non-hydrogen) atoms. The van der Waals surface area contributed by atoms with Gasteiger partial charge in [0.2, 0.25) is 0 Å². The molecule has 1 atom stereocenters. The summed E-state index contributed by atoms with van der Waals surface area (Å²) in [5.74, 6) is 5.85. The molecule has 2 aromatic carbocycles. The monoisotopic (exact) mass is 438 g/mol. The fraction of sp³-hybridized carbons (Fsp3) is 0.517. The van der Waals surface area contributed by atoms with Crippen molar-refractivity contribution in [1.29, 1.82) is 0 Å². The molecule has 0 nitrogen and oxygen atoms in total. The molecule has 0 radical (unpaired) electrons.